The molecule has 0 saturated carbocycles. The summed E-state index contributed by atoms with van der Waals surface area (Å²) in [6.45, 7) is 5.18. The molecule has 3 nitrogen and oxygen atoms in total. The Balaban J connectivity index is 2.00. The van der Waals surface area contributed by atoms with Crippen molar-refractivity contribution in [3.63, 3.8) is 0 Å². The number of carbonyl (C=O) groups excluding carboxylic acids is 1. The van der Waals surface area contributed by atoms with Crippen LogP contribution in [0.2, 0.25) is 10.0 Å². The first-order valence-electron chi connectivity index (χ1n) is 7.48. The van der Waals surface area contributed by atoms with E-state index in [1.54, 1.807) is 18.2 Å². The molecule has 0 atom stereocenters. The lowest BCUT2D eigenvalue weighted by atomic mass is 10.2. The van der Waals surface area contributed by atoms with Crippen LogP contribution in [-0.4, -0.2) is 23.4 Å². The second-order valence-electron chi connectivity index (χ2n) is 5.69. The van der Waals surface area contributed by atoms with Crippen LogP contribution in [0.3, 0.4) is 0 Å². The van der Waals surface area contributed by atoms with E-state index in [1.165, 1.54) is 5.56 Å². The van der Waals surface area contributed by atoms with Crippen molar-refractivity contribution in [3.05, 3.63) is 64.1 Å². The van der Waals surface area contributed by atoms with Crippen LogP contribution in [0.25, 0.3) is 0 Å². The van der Waals surface area contributed by atoms with Crippen molar-refractivity contribution >= 4 is 34.8 Å². The van der Waals surface area contributed by atoms with Crippen molar-refractivity contribution in [3.8, 4) is 0 Å². The summed E-state index contributed by atoms with van der Waals surface area (Å²) < 4.78 is 0. The van der Waals surface area contributed by atoms with Crippen LogP contribution < -0.4 is 5.32 Å². The molecule has 1 amide bonds. The molecule has 2 aromatic carbocycles. The Morgan fingerprint density at radius 2 is 1.70 bits per heavy atom. The first-order chi connectivity index (χ1) is 10.9. The van der Waals surface area contributed by atoms with Crippen molar-refractivity contribution in [2.24, 2.45) is 0 Å². The van der Waals surface area contributed by atoms with Crippen molar-refractivity contribution in [2.45, 2.75) is 26.4 Å². The summed E-state index contributed by atoms with van der Waals surface area (Å²) in [6, 6.07) is 15.4. The van der Waals surface area contributed by atoms with Gasteiger partial charge in [-0.15, -0.1) is 0 Å². The topological polar surface area (TPSA) is 32.3 Å². The number of benzene rings is 2. The van der Waals surface area contributed by atoms with Crippen LogP contribution in [0, 0.1) is 0 Å². The van der Waals surface area contributed by atoms with Gasteiger partial charge in [-0.25, -0.2) is 0 Å². The van der Waals surface area contributed by atoms with Gasteiger partial charge in [0.05, 0.1) is 6.54 Å². The van der Waals surface area contributed by atoms with E-state index in [2.05, 4.69) is 36.2 Å². The molecule has 0 unspecified atom stereocenters. The highest BCUT2D eigenvalue weighted by Gasteiger charge is 2.15. The molecule has 0 aliphatic heterocycles. The molecule has 23 heavy (non-hydrogen) atoms. The number of carbonyl (C=O) groups is 1. The zero-order valence-corrected chi connectivity index (χ0v) is 14.7. The molecule has 0 aromatic heterocycles. The first kappa shape index (κ1) is 17.8. The Bertz CT molecular complexity index is 639. The third-order valence-corrected chi connectivity index (χ3v) is 3.89. The maximum absolute atomic E-state index is 12.3. The molecular formula is C18H20Cl2N2O. The lowest BCUT2D eigenvalue weighted by molar-refractivity contribution is -0.117. The number of hydrogen-bond acceptors (Lipinski definition) is 2. The monoisotopic (exact) mass is 350 g/mol. The Labute approximate surface area is 147 Å². The SMILES string of the molecule is CC(C)N(CC(=O)Nc1cc(Cl)cc(Cl)c1)Cc1ccccc1. The summed E-state index contributed by atoms with van der Waals surface area (Å²) >= 11 is 11.9. The van der Waals surface area contributed by atoms with Gasteiger partial charge in [-0.1, -0.05) is 53.5 Å². The Kier molecular flexibility index (Phi) is 6.46. The summed E-state index contributed by atoms with van der Waals surface area (Å²) in [4.78, 5) is 14.4. The third-order valence-electron chi connectivity index (χ3n) is 3.45. The van der Waals surface area contributed by atoms with E-state index in [1.807, 2.05) is 18.2 Å². The van der Waals surface area contributed by atoms with Crippen molar-refractivity contribution in [1.82, 2.24) is 4.90 Å². The van der Waals surface area contributed by atoms with Gasteiger partial charge in [-0.05, 0) is 37.6 Å². The van der Waals surface area contributed by atoms with Gasteiger partial charge in [-0.3, -0.25) is 9.69 Å². The van der Waals surface area contributed by atoms with Gasteiger partial charge in [0.1, 0.15) is 0 Å². The Morgan fingerprint density at radius 1 is 1.09 bits per heavy atom. The molecule has 122 valence electrons. The molecule has 2 aromatic rings. The zero-order valence-electron chi connectivity index (χ0n) is 13.2. The van der Waals surface area contributed by atoms with Gasteiger partial charge in [0.15, 0.2) is 0 Å². The average Bonchev–Trinajstić information content (AvgIpc) is 2.46. The summed E-state index contributed by atoms with van der Waals surface area (Å²) in [5, 5.41) is 3.84. The molecule has 0 saturated heterocycles. The van der Waals surface area contributed by atoms with Gasteiger partial charge in [0.25, 0.3) is 0 Å². The Morgan fingerprint density at radius 3 is 2.26 bits per heavy atom. The Hall–Kier alpha value is -1.55. The van der Waals surface area contributed by atoms with Gasteiger partial charge in [-0.2, -0.15) is 0 Å². The van der Waals surface area contributed by atoms with Crippen molar-refractivity contribution < 1.29 is 4.79 Å². The number of nitrogens with zero attached hydrogens (tertiary/aromatic N) is 1. The standard InChI is InChI=1S/C18H20Cl2N2O/c1-13(2)22(11-14-6-4-3-5-7-14)12-18(23)21-17-9-15(19)8-16(20)10-17/h3-10,13H,11-12H2,1-2H3,(H,21,23). The van der Waals surface area contributed by atoms with Crippen LogP contribution in [0.5, 0.6) is 0 Å². The van der Waals surface area contributed by atoms with Crippen LogP contribution >= 0.6 is 23.2 Å². The highest BCUT2D eigenvalue weighted by molar-refractivity contribution is 6.35. The highest BCUT2D eigenvalue weighted by atomic mass is 35.5. The van der Waals surface area contributed by atoms with Crippen LogP contribution in [-0.2, 0) is 11.3 Å². The van der Waals surface area contributed by atoms with E-state index in [0.29, 0.717) is 22.3 Å². The summed E-state index contributed by atoms with van der Waals surface area (Å²) in [5.74, 6) is -0.0898. The number of hydrogen-bond donors (Lipinski definition) is 1. The van der Waals surface area contributed by atoms with E-state index < -0.39 is 0 Å². The maximum atomic E-state index is 12.3. The molecule has 0 fully saturated rings. The summed E-state index contributed by atoms with van der Waals surface area (Å²) in [7, 11) is 0. The number of nitrogens with one attached hydrogen (secondary N) is 1. The zero-order chi connectivity index (χ0) is 16.8. The molecule has 0 heterocycles. The lowest BCUT2D eigenvalue weighted by Gasteiger charge is -2.26. The fraction of sp³-hybridized carbons (Fsp3) is 0.278. The van der Waals surface area contributed by atoms with Gasteiger partial charge in [0.2, 0.25) is 5.91 Å². The van der Waals surface area contributed by atoms with Crippen LogP contribution in [0.1, 0.15) is 19.4 Å². The molecule has 0 radical (unpaired) electrons. The number of amides is 1. The smallest absolute Gasteiger partial charge is 0.238 e. The van der Waals surface area contributed by atoms with E-state index in [4.69, 9.17) is 23.2 Å². The fourth-order valence-electron chi connectivity index (χ4n) is 2.25. The summed E-state index contributed by atoms with van der Waals surface area (Å²) in [6.07, 6.45) is 0. The first-order valence-corrected chi connectivity index (χ1v) is 8.23. The molecule has 5 heteroatoms. The third kappa shape index (κ3) is 5.87. The quantitative estimate of drug-likeness (QED) is 0.807. The van der Waals surface area contributed by atoms with Crippen LogP contribution in [0.4, 0.5) is 5.69 Å². The minimum absolute atomic E-state index is 0.0898. The maximum Gasteiger partial charge on any atom is 0.238 e. The van der Waals surface area contributed by atoms with E-state index >= 15 is 0 Å². The van der Waals surface area contributed by atoms with Gasteiger partial charge < -0.3 is 5.32 Å². The number of halogens is 2. The largest absolute Gasteiger partial charge is 0.325 e. The molecular weight excluding hydrogens is 331 g/mol. The van der Waals surface area contributed by atoms with Crippen molar-refractivity contribution in [1.29, 1.82) is 0 Å². The second-order valence-corrected chi connectivity index (χ2v) is 6.56. The van der Waals surface area contributed by atoms with Crippen LogP contribution in [0.15, 0.2) is 48.5 Å². The normalized spacial score (nSPS) is 11.0. The lowest BCUT2D eigenvalue weighted by Crippen LogP contribution is -2.37. The highest BCUT2D eigenvalue weighted by Crippen LogP contribution is 2.22. The molecule has 0 aliphatic rings. The van der Waals surface area contributed by atoms with E-state index in [-0.39, 0.29) is 11.9 Å². The average molecular weight is 351 g/mol. The molecule has 1 N–H and O–H groups in total. The van der Waals surface area contributed by atoms with E-state index in [0.717, 1.165) is 6.54 Å². The molecule has 0 bridgehead atoms. The summed E-state index contributed by atoms with van der Waals surface area (Å²) in [5.41, 5.74) is 1.79. The van der Waals surface area contributed by atoms with E-state index in [9.17, 15) is 4.79 Å². The minimum atomic E-state index is -0.0898. The molecule has 2 rings (SSSR count). The molecule has 0 spiro atoms. The second kappa shape index (κ2) is 8.34. The van der Waals surface area contributed by atoms with Crippen molar-refractivity contribution in [2.75, 3.05) is 11.9 Å². The predicted molar refractivity (Wildman–Crippen MR) is 97.1 cm³/mol. The van der Waals surface area contributed by atoms with Gasteiger partial charge in [0, 0.05) is 28.3 Å². The predicted octanol–water partition coefficient (Wildman–Crippen LogP) is 4.84. The number of rotatable bonds is 6. The molecule has 0 aliphatic carbocycles. The number of anilines is 1. The minimum Gasteiger partial charge on any atom is -0.325 e. The fourth-order valence-corrected chi connectivity index (χ4v) is 2.78. The van der Waals surface area contributed by atoms with Gasteiger partial charge >= 0.3 is 0 Å².